The average molecular weight is 1090 g/mol. The van der Waals surface area contributed by atoms with Crippen molar-refractivity contribution in [1.29, 1.82) is 0 Å². The Balaban J connectivity index is 1.64. The fourth-order valence-electron chi connectivity index (χ4n) is 8.09. The lowest BCUT2D eigenvalue weighted by molar-refractivity contribution is 0.0298. The number of halogens is 4. The number of unbranched alkanes of at least 4 members (excludes halogenated alkanes) is 4. The van der Waals surface area contributed by atoms with Crippen LogP contribution in [0, 0.1) is 13.8 Å². The fourth-order valence-corrected chi connectivity index (χ4v) is 10.7. The van der Waals surface area contributed by atoms with Crippen LogP contribution >= 0.6 is 63.7 Å². The minimum atomic E-state index is -1.35. The number of esters is 1. The summed E-state index contributed by atoms with van der Waals surface area (Å²) in [6.07, 6.45) is 13.5. The number of fused-ring (bicyclic) bond motifs is 1. The van der Waals surface area contributed by atoms with Crippen molar-refractivity contribution in [3.8, 4) is 0 Å². The quantitative estimate of drug-likeness (QED) is 0.0442. The summed E-state index contributed by atoms with van der Waals surface area (Å²) in [6, 6.07) is 35.2. The maximum absolute atomic E-state index is 14.5. The summed E-state index contributed by atoms with van der Waals surface area (Å²) in [5.74, 6) is -0.407. The van der Waals surface area contributed by atoms with Gasteiger partial charge in [0.05, 0.1) is 5.56 Å². The smallest absolute Gasteiger partial charge is 0.341 e. The van der Waals surface area contributed by atoms with Crippen LogP contribution in [0.4, 0.5) is 11.4 Å². The van der Waals surface area contributed by atoms with E-state index in [0.717, 1.165) is 130 Å². The molecule has 62 heavy (non-hydrogen) atoms. The van der Waals surface area contributed by atoms with Crippen LogP contribution in [0.25, 0.3) is 11.1 Å². The molecule has 5 aromatic carbocycles. The maximum Gasteiger partial charge on any atom is 0.341 e. The molecule has 0 amide bonds. The molecular formula is C54H60Br4N2O2. The number of rotatable bonds is 20. The Morgan fingerprint density at radius 3 is 1.16 bits per heavy atom. The van der Waals surface area contributed by atoms with Gasteiger partial charge in [0.15, 0.2) is 5.60 Å². The zero-order valence-corrected chi connectivity index (χ0v) is 43.4. The molecule has 5 aromatic rings. The highest BCUT2D eigenvalue weighted by Crippen LogP contribution is 2.54. The molecule has 1 aliphatic heterocycles. The van der Waals surface area contributed by atoms with Gasteiger partial charge in [0.25, 0.3) is 0 Å². The van der Waals surface area contributed by atoms with Crippen molar-refractivity contribution in [3.63, 3.8) is 0 Å². The molecule has 326 valence electrons. The van der Waals surface area contributed by atoms with E-state index in [2.05, 4.69) is 224 Å². The standard InChI is InChI=1S/C54H60Br4N2O2/c1-7-11-31-59(32-12-8-2)43-27-23-41(24-28-43)45(39-19-15-37(5)16-20-39)35-54(48-47(53(61)62-54)49(55)51(57)52(58)50(48)56)36-46(40-21-17-38(6)18-22-40)42-25-29-44(30-26-42)60(33-13-9-3)34-14-10-4/h15-30,35-36H,7-14,31-34H2,1-6H3/b45-35+,46-36+. The van der Waals surface area contributed by atoms with Gasteiger partial charge < -0.3 is 14.5 Å². The van der Waals surface area contributed by atoms with Gasteiger partial charge in [-0.2, -0.15) is 0 Å². The largest absolute Gasteiger partial charge is 0.442 e. The summed E-state index contributed by atoms with van der Waals surface area (Å²) in [4.78, 5) is 19.6. The van der Waals surface area contributed by atoms with E-state index in [1.54, 1.807) is 0 Å². The van der Waals surface area contributed by atoms with Crippen molar-refractivity contribution in [2.75, 3.05) is 36.0 Å². The zero-order chi connectivity index (χ0) is 44.4. The van der Waals surface area contributed by atoms with E-state index in [1.807, 2.05) is 0 Å². The van der Waals surface area contributed by atoms with E-state index in [-0.39, 0.29) is 0 Å². The molecule has 1 heterocycles. The third-order valence-electron chi connectivity index (χ3n) is 11.8. The second kappa shape index (κ2) is 22.5. The molecule has 6 rings (SSSR count). The van der Waals surface area contributed by atoms with Gasteiger partial charge in [-0.05, 0) is 173 Å². The molecule has 8 heteroatoms. The number of nitrogens with zero attached hydrogens (tertiary/aromatic N) is 2. The lowest BCUT2D eigenvalue weighted by Crippen LogP contribution is -2.25. The van der Waals surface area contributed by atoms with Gasteiger partial charge >= 0.3 is 5.97 Å². The monoisotopic (exact) mass is 1080 g/mol. The molecule has 0 aromatic heterocycles. The highest BCUT2D eigenvalue weighted by Gasteiger charge is 2.48. The number of carbonyl (C=O) groups is 1. The molecule has 0 unspecified atom stereocenters. The molecule has 1 aliphatic rings. The minimum Gasteiger partial charge on any atom is -0.442 e. The number of ether oxygens (including phenoxy) is 1. The van der Waals surface area contributed by atoms with Gasteiger partial charge in [-0.15, -0.1) is 0 Å². The predicted molar refractivity (Wildman–Crippen MR) is 278 cm³/mol. The first-order valence-corrected chi connectivity index (χ1v) is 25.5. The topological polar surface area (TPSA) is 32.8 Å². The zero-order valence-electron chi connectivity index (χ0n) is 37.1. The molecular weight excluding hydrogens is 1030 g/mol. The summed E-state index contributed by atoms with van der Waals surface area (Å²) >= 11 is 15.4. The maximum atomic E-state index is 14.5. The summed E-state index contributed by atoms with van der Waals surface area (Å²) in [6.45, 7) is 17.3. The number of benzene rings is 5. The Labute approximate surface area is 404 Å². The molecule has 0 bridgehead atoms. The Hall–Kier alpha value is -3.43. The molecule has 0 radical (unpaired) electrons. The average Bonchev–Trinajstić information content (AvgIpc) is 3.58. The number of aryl methyl sites for hydroxylation is 2. The molecule has 0 N–H and O–H groups in total. The molecule has 4 nitrogen and oxygen atoms in total. The SMILES string of the molecule is CCCCN(CCCC)c1ccc(/C(=C/C2(/C=C(\c3ccc(C)cc3)c3ccc(N(CCCC)CCCC)cc3)OC(=O)c3c(Br)c(Br)c(Br)c(Br)c32)c2ccc(C)cc2)cc1. The van der Waals surface area contributed by atoms with Crippen LogP contribution in [0.15, 0.2) is 127 Å². The summed E-state index contributed by atoms with van der Waals surface area (Å²) in [5, 5.41) is 0. The van der Waals surface area contributed by atoms with Crippen LogP contribution in [0.2, 0.25) is 0 Å². The molecule has 0 saturated carbocycles. The second-order valence-electron chi connectivity index (χ2n) is 16.5. The van der Waals surface area contributed by atoms with Gasteiger partial charge in [-0.1, -0.05) is 137 Å². The minimum absolute atomic E-state index is 0.407. The fraction of sp³-hybridized carbons (Fsp3) is 0.352. The first kappa shape index (κ1) is 48.0. The Bertz CT molecular complexity index is 2210. The summed E-state index contributed by atoms with van der Waals surface area (Å²) < 4.78 is 9.77. The van der Waals surface area contributed by atoms with Crippen molar-refractivity contribution in [3.05, 3.63) is 172 Å². The van der Waals surface area contributed by atoms with Crippen LogP contribution in [-0.2, 0) is 10.3 Å². The van der Waals surface area contributed by atoms with E-state index in [9.17, 15) is 4.79 Å². The van der Waals surface area contributed by atoms with Gasteiger partial charge in [0, 0.05) is 61.0 Å². The highest BCUT2D eigenvalue weighted by atomic mass is 79.9. The molecule has 0 spiro atoms. The normalized spacial score (nSPS) is 15.2. The number of anilines is 2. The van der Waals surface area contributed by atoms with Gasteiger partial charge in [-0.3, -0.25) is 0 Å². The molecule has 0 fully saturated rings. The lowest BCUT2D eigenvalue weighted by atomic mass is 9.83. The van der Waals surface area contributed by atoms with Crippen LogP contribution in [0.5, 0.6) is 0 Å². The molecule has 0 saturated heterocycles. The van der Waals surface area contributed by atoms with E-state index < -0.39 is 11.6 Å². The van der Waals surface area contributed by atoms with E-state index in [4.69, 9.17) is 4.74 Å². The number of carbonyl (C=O) groups excluding carboxylic acids is 1. The first-order chi connectivity index (χ1) is 29.9. The van der Waals surface area contributed by atoms with Crippen molar-refractivity contribution < 1.29 is 9.53 Å². The summed E-state index contributed by atoms with van der Waals surface area (Å²) in [5.41, 5.74) is 10.7. The van der Waals surface area contributed by atoms with Gasteiger partial charge in [0.2, 0.25) is 0 Å². The van der Waals surface area contributed by atoms with E-state index in [1.165, 1.54) is 22.5 Å². The number of hydrogen-bond acceptors (Lipinski definition) is 4. The van der Waals surface area contributed by atoms with Gasteiger partial charge in [-0.25, -0.2) is 4.79 Å². The van der Waals surface area contributed by atoms with Crippen molar-refractivity contribution in [2.24, 2.45) is 0 Å². The van der Waals surface area contributed by atoms with Crippen LogP contribution in [0.3, 0.4) is 0 Å². The van der Waals surface area contributed by atoms with Gasteiger partial charge in [0.1, 0.15) is 0 Å². The molecule has 0 atom stereocenters. The Morgan fingerprint density at radius 1 is 0.500 bits per heavy atom. The third-order valence-corrected chi connectivity index (χ3v) is 16.5. The van der Waals surface area contributed by atoms with Crippen LogP contribution in [-0.4, -0.2) is 32.1 Å². The van der Waals surface area contributed by atoms with Crippen LogP contribution < -0.4 is 9.80 Å². The van der Waals surface area contributed by atoms with E-state index in [0.29, 0.717) is 10.0 Å². The highest BCUT2D eigenvalue weighted by molar-refractivity contribution is 9.15. The van der Waals surface area contributed by atoms with E-state index >= 15 is 0 Å². The second-order valence-corrected chi connectivity index (χ2v) is 19.7. The van der Waals surface area contributed by atoms with Crippen LogP contribution in [0.1, 0.15) is 128 Å². The first-order valence-electron chi connectivity index (χ1n) is 22.3. The Kier molecular flexibility index (Phi) is 17.4. The third kappa shape index (κ3) is 11.1. The van der Waals surface area contributed by atoms with Crippen molar-refractivity contribution in [2.45, 2.75) is 98.5 Å². The number of hydrogen-bond donors (Lipinski definition) is 0. The van der Waals surface area contributed by atoms with Crippen molar-refractivity contribution in [1.82, 2.24) is 0 Å². The summed E-state index contributed by atoms with van der Waals surface area (Å²) in [7, 11) is 0. The predicted octanol–water partition coefficient (Wildman–Crippen LogP) is 16.8. The lowest BCUT2D eigenvalue weighted by Gasteiger charge is -2.28. The molecule has 0 aliphatic carbocycles. The Morgan fingerprint density at radius 2 is 0.823 bits per heavy atom. The van der Waals surface area contributed by atoms with Crippen molar-refractivity contribution >= 4 is 92.2 Å². The number of cyclic esters (lactones) is 1.